The maximum atomic E-state index is 13.3. The number of para-hydroxylation sites is 2. The lowest BCUT2D eigenvalue weighted by Gasteiger charge is -2.22. The van der Waals surface area contributed by atoms with Gasteiger partial charge >= 0.3 is 0 Å². The lowest BCUT2D eigenvalue weighted by Crippen LogP contribution is -2.38. The number of benzene rings is 3. The Kier molecular flexibility index (Phi) is 5.49. The van der Waals surface area contributed by atoms with Crippen LogP contribution in [0.3, 0.4) is 0 Å². The highest BCUT2D eigenvalue weighted by molar-refractivity contribution is 7.99. The minimum atomic E-state index is -0.228. The molecule has 7 heteroatoms. The number of anilines is 2. The third kappa shape index (κ3) is 4.03. The monoisotopic (exact) mass is 446 g/mol. The van der Waals surface area contributed by atoms with Crippen molar-refractivity contribution in [3.05, 3.63) is 77.9 Å². The van der Waals surface area contributed by atoms with Crippen LogP contribution in [-0.2, 0) is 9.59 Å². The first kappa shape index (κ1) is 20.5. The summed E-state index contributed by atoms with van der Waals surface area (Å²) in [5.74, 6) is 1.09. The van der Waals surface area contributed by atoms with E-state index >= 15 is 0 Å². The number of fused-ring (bicyclic) bond motifs is 2. The molecule has 3 aromatic carbocycles. The van der Waals surface area contributed by atoms with E-state index in [0.717, 1.165) is 27.4 Å². The fourth-order valence-electron chi connectivity index (χ4n) is 3.90. The number of nitrogens with one attached hydrogen (secondary N) is 1. The molecule has 3 aromatic rings. The van der Waals surface area contributed by atoms with E-state index in [1.54, 1.807) is 16.7 Å². The van der Waals surface area contributed by atoms with E-state index in [4.69, 9.17) is 9.47 Å². The highest BCUT2D eigenvalue weighted by Gasteiger charge is 2.31. The van der Waals surface area contributed by atoms with Crippen molar-refractivity contribution in [1.82, 2.24) is 0 Å². The molecule has 1 atom stereocenters. The van der Waals surface area contributed by atoms with Gasteiger partial charge < -0.3 is 19.7 Å². The van der Waals surface area contributed by atoms with Gasteiger partial charge in [0.25, 0.3) is 0 Å². The van der Waals surface area contributed by atoms with Gasteiger partial charge in [-0.25, -0.2) is 0 Å². The summed E-state index contributed by atoms with van der Waals surface area (Å²) in [6, 6.07) is 21.1. The van der Waals surface area contributed by atoms with Crippen molar-refractivity contribution < 1.29 is 19.1 Å². The third-order valence-electron chi connectivity index (χ3n) is 5.58. The molecular formula is C25H22N2O4S. The number of amides is 2. The van der Waals surface area contributed by atoms with Crippen LogP contribution in [0, 0.1) is 6.92 Å². The molecule has 0 aromatic heterocycles. The van der Waals surface area contributed by atoms with Gasteiger partial charge in [0.1, 0.15) is 6.54 Å². The lowest BCUT2D eigenvalue weighted by atomic mass is 10.1. The van der Waals surface area contributed by atoms with E-state index in [9.17, 15) is 9.59 Å². The molecule has 162 valence electrons. The predicted molar refractivity (Wildman–Crippen MR) is 124 cm³/mol. The highest BCUT2D eigenvalue weighted by atomic mass is 32.2. The molecule has 2 heterocycles. The van der Waals surface area contributed by atoms with Gasteiger partial charge in [0.05, 0.1) is 5.69 Å². The normalized spacial score (nSPS) is 17.0. The second-order valence-corrected chi connectivity index (χ2v) is 8.98. The standard InChI is InChI=1S/C25H22N2O4S/c1-16-6-2-3-7-18(16)26-24(28)14-27-19-8-4-5-9-22(19)32-23(13-25(27)29)17-10-11-20-21(12-17)31-15-30-20/h2-12,23H,13-15H2,1H3,(H,26,28). The SMILES string of the molecule is Cc1ccccc1NC(=O)CN1C(=O)CC(c2ccc3c(c2)OCO3)Sc2ccccc21. The predicted octanol–water partition coefficient (Wildman–Crippen LogP) is 4.93. The average Bonchev–Trinajstić information content (AvgIpc) is 3.22. The number of hydrogen-bond donors (Lipinski definition) is 1. The molecule has 2 aliphatic heterocycles. The Morgan fingerprint density at radius 2 is 1.84 bits per heavy atom. The molecule has 0 radical (unpaired) electrons. The largest absolute Gasteiger partial charge is 0.454 e. The van der Waals surface area contributed by atoms with E-state index in [0.29, 0.717) is 11.5 Å². The number of nitrogens with zero attached hydrogens (tertiary/aromatic N) is 1. The number of aryl methyl sites for hydroxylation is 1. The van der Waals surface area contributed by atoms with Crippen molar-refractivity contribution in [1.29, 1.82) is 0 Å². The van der Waals surface area contributed by atoms with Gasteiger partial charge in [-0.1, -0.05) is 36.4 Å². The zero-order valence-corrected chi connectivity index (χ0v) is 18.4. The number of thioether (sulfide) groups is 1. The summed E-state index contributed by atoms with van der Waals surface area (Å²) in [5.41, 5.74) is 3.47. The van der Waals surface area contributed by atoms with Crippen LogP contribution >= 0.6 is 11.8 Å². The molecule has 0 saturated carbocycles. The summed E-state index contributed by atoms with van der Waals surface area (Å²) in [5, 5.41) is 2.84. The maximum absolute atomic E-state index is 13.3. The van der Waals surface area contributed by atoms with E-state index in [-0.39, 0.29) is 36.8 Å². The Morgan fingerprint density at radius 3 is 2.72 bits per heavy atom. The number of carbonyl (C=O) groups excluding carboxylic acids is 2. The molecular weight excluding hydrogens is 424 g/mol. The van der Waals surface area contributed by atoms with E-state index in [2.05, 4.69) is 5.32 Å². The van der Waals surface area contributed by atoms with Crippen LogP contribution in [0.15, 0.2) is 71.6 Å². The fourth-order valence-corrected chi connectivity index (χ4v) is 5.17. The van der Waals surface area contributed by atoms with Crippen molar-refractivity contribution >= 4 is 35.0 Å². The van der Waals surface area contributed by atoms with Crippen molar-refractivity contribution in [2.75, 3.05) is 23.6 Å². The summed E-state index contributed by atoms with van der Waals surface area (Å²) >= 11 is 1.63. The zero-order chi connectivity index (χ0) is 22.1. The number of carbonyl (C=O) groups is 2. The number of rotatable bonds is 4. The fraction of sp³-hybridized carbons (Fsp3) is 0.200. The van der Waals surface area contributed by atoms with Gasteiger partial charge in [-0.2, -0.15) is 0 Å². The van der Waals surface area contributed by atoms with Gasteiger partial charge in [0.15, 0.2) is 11.5 Å². The third-order valence-corrected chi connectivity index (χ3v) is 6.90. The van der Waals surface area contributed by atoms with Crippen LogP contribution < -0.4 is 19.7 Å². The summed E-state index contributed by atoms with van der Waals surface area (Å²) < 4.78 is 10.9. The first-order chi connectivity index (χ1) is 15.6. The molecule has 0 aliphatic carbocycles. The molecule has 5 rings (SSSR count). The van der Waals surface area contributed by atoms with Gasteiger partial charge in [-0.15, -0.1) is 11.8 Å². The molecule has 1 N–H and O–H groups in total. The van der Waals surface area contributed by atoms with Crippen molar-refractivity contribution in [2.24, 2.45) is 0 Å². The molecule has 0 saturated heterocycles. The molecule has 2 amide bonds. The van der Waals surface area contributed by atoms with Crippen LogP contribution in [0.4, 0.5) is 11.4 Å². The molecule has 32 heavy (non-hydrogen) atoms. The van der Waals surface area contributed by atoms with Gasteiger partial charge in [-0.05, 0) is 48.4 Å². The highest BCUT2D eigenvalue weighted by Crippen LogP contribution is 2.47. The summed E-state index contributed by atoms with van der Waals surface area (Å²) in [6.07, 6.45) is 0.274. The van der Waals surface area contributed by atoms with Gasteiger partial charge in [-0.3, -0.25) is 9.59 Å². The Balaban J connectivity index is 1.41. The van der Waals surface area contributed by atoms with E-state index < -0.39 is 0 Å². The minimum absolute atomic E-state index is 0.0431. The molecule has 0 fully saturated rings. The van der Waals surface area contributed by atoms with Crippen LogP contribution in [0.5, 0.6) is 11.5 Å². The topological polar surface area (TPSA) is 67.9 Å². The van der Waals surface area contributed by atoms with E-state index in [1.165, 1.54) is 0 Å². The molecule has 2 aliphatic rings. The van der Waals surface area contributed by atoms with Crippen LogP contribution in [0.1, 0.15) is 22.8 Å². The summed E-state index contributed by atoms with van der Waals surface area (Å²) in [6.45, 7) is 2.11. The summed E-state index contributed by atoms with van der Waals surface area (Å²) in [7, 11) is 0. The Labute approximate surface area is 190 Å². The smallest absolute Gasteiger partial charge is 0.244 e. The Morgan fingerprint density at radius 1 is 1.06 bits per heavy atom. The lowest BCUT2D eigenvalue weighted by molar-refractivity contribution is -0.121. The quantitative estimate of drug-likeness (QED) is 0.615. The van der Waals surface area contributed by atoms with Crippen LogP contribution in [-0.4, -0.2) is 25.2 Å². The van der Waals surface area contributed by atoms with Gasteiger partial charge in [0, 0.05) is 22.3 Å². The second-order valence-electron chi connectivity index (χ2n) is 7.73. The maximum Gasteiger partial charge on any atom is 0.244 e. The molecule has 0 spiro atoms. The van der Waals surface area contributed by atoms with E-state index in [1.807, 2.05) is 73.7 Å². The first-order valence-electron chi connectivity index (χ1n) is 10.4. The number of ether oxygens (including phenoxy) is 2. The number of hydrogen-bond acceptors (Lipinski definition) is 5. The van der Waals surface area contributed by atoms with Gasteiger partial charge in [0.2, 0.25) is 18.6 Å². The first-order valence-corrected chi connectivity index (χ1v) is 11.3. The van der Waals surface area contributed by atoms with Crippen LogP contribution in [0.2, 0.25) is 0 Å². The second kappa shape index (κ2) is 8.59. The molecule has 1 unspecified atom stereocenters. The molecule has 6 nitrogen and oxygen atoms in total. The average molecular weight is 447 g/mol. The molecule has 0 bridgehead atoms. The van der Waals surface area contributed by atoms with Crippen molar-refractivity contribution in [2.45, 2.75) is 23.5 Å². The minimum Gasteiger partial charge on any atom is -0.454 e. The van der Waals surface area contributed by atoms with Crippen molar-refractivity contribution in [3.63, 3.8) is 0 Å². The Bertz CT molecular complexity index is 1200. The zero-order valence-electron chi connectivity index (χ0n) is 17.5. The van der Waals surface area contributed by atoms with Crippen molar-refractivity contribution in [3.8, 4) is 11.5 Å². The summed E-state index contributed by atoms with van der Waals surface area (Å²) in [4.78, 5) is 28.7. The Hall–Kier alpha value is -3.45. The van der Waals surface area contributed by atoms with Crippen LogP contribution in [0.25, 0.3) is 0 Å².